The molecule has 4 atom stereocenters. The Labute approximate surface area is 194 Å². The predicted octanol–water partition coefficient (Wildman–Crippen LogP) is 2.90. The summed E-state index contributed by atoms with van der Waals surface area (Å²) in [5.41, 5.74) is -1.78. The number of nitrogens with one attached hydrogen (secondary N) is 1. The summed E-state index contributed by atoms with van der Waals surface area (Å²) in [5, 5.41) is 10.3. The van der Waals surface area contributed by atoms with Crippen molar-refractivity contribution in [3.05, 3.63) is 59.4 Å². The smallest absolute Gasteiger partial charge is 0.254 e. The van der Waals surface area contributed by atoms with Gasteiger partial charge in [0, 0.05) is 23.7 Å². The van der Waals surface area contributed by atoms with Crippen LogP contribution in [0, 0.1) is 23.4 Å². The maximum absolute atomic E-state index is 15.5. The highest BCUT2D eigenvalue weighted by molar-refractivity contribution is 7.89. The minimum absolute atomic E-state index is 0.0229. The molecule has 2 N–H and O–H groups in total. The number of rotatable bonds is 7. The number of likely N-dealkylation sites (tertiary alicyclic amines) is 1. The van der Waals surface area contributed by atoms with E-state index in [4.69, 9.17) is 0 Å². The summed E-state index contributed by atoms with van der Waals surface area (Å²) in [7, 11) is -4.28. The molecule has 2 aliphatic rings. The van der Waals surface area contributed by atoms with E-state index in [1.165, 1.54) is 36.9 Å². The first-order chi connectivity index (χ1) is 15.8. The Kier molecular flexibility index (Phi) is 6.24. The molecule has 34 heavy (non-hydrogen) atoms. The summed E-state index contributed by atoms with van der Waals surface area (Å²) in [6, 6.07) is 3.07. The van der Waals surface area contributed by atoms with E-state index in [0.29, 0.717) is 12.5 Å². The molecule has 184 valence electrons. The predicted molar refractivity (Wildman–Crippen MR) is 116 cm³/mol. The van der Waals surface area contributed by atoms with E-state index < -0.39 is 57.1 Å². The van der Waals surface area contributed by atoms with Crippen LogP contribution in [0.2, 0.25) is 0 Å². The van der Waals surface area contributed by atoms with Gasteiger partial charge in [-0.3, -0.25) is 4.79 Å². The molecule has 1 saturated heterocycles. The average Bonchev–Trinajstić information content (AvgIpc) is 3.46. The number of nitrogens with zero attached hydrogens (tertiary/aromatic N) is 1. The maximum atomic E-state index is 15.5. The Hall–Kier alpha value is -2.50. The molecular weight excluding hydrogens is 476 g/mol. The van der Waals surface area contributed by atoms with Gasteiger partial charge in [0.25, 0.3) is 5.91 Å². The average molecular weight is 501 g/mol. The number of halogens is 4. The van der Waals surface area contributed by atoms with Crippen LogP contribution in [0.1, 0.15) is 25.8 Å². The van der Waals surface area contributed by atoms with E-state index in [1.807, 2.05) is 0 Å². The van der Waals surface area contributed by atoms with Crippen molar-refractivity contribution >= 4 is 15.9 Å². The number of carbonyl (C=O) groups excluding carboxylic acids is 1. The summed E-state index contributed by atoms with van der Waals surface area (Å²) in [4.78, 5) is 14.3. The zero-order chi connectivity index (χ0) is 25.0. The second kappa shape index (κ2) is 8.62. The fourth-order valence-electron chi connectivity index (χ4n) is 4.75. The molecule has 1 saturated carbocycles. The van der Waals surface area contributed by atoms with Crippen LogP contribution in [-0.4, -0.2) is 54.1 Å². The van der Waals surface area contributed by atoms with E-state index >= 15 is 4.39 Å². The van der Waals surface area contributed by atoms with Crippen LogP contribution in [0.4, 0.5) is 17.6 Å². The lowest BCUT2D eigenvalue weighted by atomic mass is 9.94. The Bertz CT molecular complexity index is 1210. The molecule has 11 heteroatoms. The fraction of sp³-hybridized carbons (Fsp3) is 0.435. The second-order valence-electron chi connectivity index (χ2n) is 9.31. The summed E-state index contributed by atoms with van der Waals surface area (Å²) in [6.07, 6.45) is 0.300. The number of hydrogen-bond donors (Lipinski definition) is 2. The highest BCUT2D eigenvalue weighted by Gasteiger charge is 2.62. The zero-order valence-electron chi connectivity index (χ0n) is 18.4. The standard InChI is InChI=1S/C23H24F4N2O4S/c1-23(2,31)22(30)29-18-10-17(18)21(28-34(32,33)11-24)19(29)8-12-4-3-5-16(20(12)27)13-6-14(25)9-15(26)7-13/h3-7,9,17-19,21,28,31H,8,10-11H2,1-2H3/t17-,18+,19+,21+/m0/s1. The van der Waals surface area contributed by atoms with Gasteiger partial charge in [0.15, 0.2) is 0 Å². The Morgan fingerprint density at radius 3 is 2.41 bits per heavy atom. The summed E-state index contributed by atoms with van der Waals surface area (Å²) < 4.78 is 82.1. The Morgan fingerprint density at radius 2 is 1.82 bits per heavy atom. The van der Waals surface area contributed by atoms with Crippen molar-refractivity contribution in [1.29, 1.82) is 0 Å². The number of aliphatic hydroxyl groups is 1. The summed E-state index contributed by atoms with van der Waals surface area (Å²) in [5.74, 6) is -3.50. The monoisotopic (exact) mass is 500 g/mol. The van der Waals surface area contributed by atoms with Crippen molar-refractivity contribution in [2.45, 2.75) is 50.4 Å². The number of benzene rings is 2. The third-order valence-electron chi connectivity index (χ3n) is 6.29. The summed E-state index contributed by atoms with van der Waals surface area (Å²) in [6.45, 7) is 2.59. The molecule has 4 rings (SSSR count). The van der Waals surface area contributed by atoms with Crippen LogP contribution < -0.4 is 4.72 Å². The van der Waals surface area contributed by atoms with Crippen molar-refractivity contribution in [1.82, 2.24) is 9.62 Å². The molecule has 2 aromatic rings. The first kappa shape index (κ1) is 24.6. The highest BCUT2D eigenvalue weighted by atomic mass is 32.2. The summed E-state index contributed by atoms with van der Waals surface area (Å²) >= 11 is 0. The van der Waals surface area contributed by atoms with Crippen molar-refractivity contribution < 1.29 is 35.9 Å². The van der Waals surface area contributed by atoms with E-state index in [0.717, 1.165) is 12.1 Å². The molecule has 0 bridgehead atoms. The minimum Gasteiger partial charge on any atom is -0.381 e. The SMILES string of the molecule is CC(C)(O)C(=O)N1[C@@H]2C[C@@H]2[C@@H](NS(=O)(=O)CF)[C@H]1Cc1cccc(-c2cc(F)cc(F)c2)c1F. The number of fused-ring (bicyclic) bond motifs is 1. The van der Waals surface area contributed by atoms with Gasteiger partial charge in [-0.05, 0) is 55.9 Å². The Morgan fingerprint density at radius 1 is 1.18 bits per heavy atom. The largest absolute Gasteiger partial charge is 0.381 e. The van der Waals surface area contributed by atoms with Gasteiger partial charge in [-0.25, -0.2) is 30.7 Å². The molecular formula is C23H24F4N2O4S. The van der Waals surface area contributed by atoms with E-state index in [2.05, 4.69) is 4.72 Å². The normalized spacial score (nSPS) is 24.3. The van der Waals surface area contributed by atoms with Crippen LogP contribution in [0.15, 0.2) is 36.4 Å². The van der Waals surface area contributed by atoms with E-state index in [-0.39, 0.29) is 35.1 Å². The molecule has 0 spiro atoms. The van der Waals surface area contributed by atoms with Crippen LogP contribution in [-0.2, 0) is 21.2 Å². The first-order valence-corrected chi connectivity index (χ1v) is 12.3. The van der Waals surface area contributed by atoms with Gasteiger partial charge < -0.3 is 10.0 Å². The maximum Gasteiger partial charge on any atom is 0.254 e. The van der Waals surface area contributed by atoms with Crippen LogP contribution >= 0.6 is 0 Å². The molecule has 2 aromatic carbocycles. The van der Waals surface area contributed by atoms with Crippen LogP contribution in [0.25, 0.3) is 11.1 Å². The minimum atomic E-state index is -4.28. The van der Waals surface area contributed by atoms with Crippen LogP contribution in [0.5, 0.6) is 0 Å². The van der Waals surface area contributed by atoms with E-state index in [9.17, 15) is 31.5 Å². The second-order valence-corrected chi connectivity index (χ2v) is 11.0. The van der Waals surface area contributed by atoms with Gasteiger partial charge in [-0.2, -0.15) is 0 Å². The molecule has 6 nitrogen and oxygen atoms in total. The number of sulfonamides is 1. The van der Waals surface area contributed by atoms with Crippen LogP contribution in [0.3, 0.4) is 0 Å². The lowest BCUT2D eigenvalue weighted by Crippen LogP contribution is -2.55. The third kappa shape index (κ3) is 4.69. The topological polar surface area (TPSA) is 86.7 Å². The van der Waals surface area contributed by atoms with Crippen molar-refractivity contribution in [3.63, 3.8) is 0 Å². The molecule has 2 fully saturated rings. The molecule has 1 aliphatic heterocycles. The molecule has 1 amide bonds. The highest BCUT2D eigenvalue weighted by Crippen LogP contribution is 2.50. The quantitative estimate of drug-likeness (QED) is 0.573. The van der Waals surface area contributed by atoms with Crippen molar-refractivity contribution in [2.75, 3.05) is 6.01 Å². The van der Waals surface area contributed by atoms with Gasteiger partial charge in [-0.1, -0.05) is 18.2 Å². The zero-order valence-corrected chi connectivity index (χ0v) is 19.3. The molecule has 1 aliphatic carbocycles. The van der Waals surface area contributed by atoms with Gasteiger partial charge in [0.1, 0.15) is 23.1 Å². The van der Waals surface area contributed by atoms with Crippen molar-refractivity contribution in [2.24, 2.45) is 5.92 Å². The van der Waals surface area contributed by atoms with E-state index in [1.54, 1.807) is 0 Å². The lowest BCUT2D eigenvalue weighted by molar-refractivity contribution is -0.150. The number of alkyl halides is 1. The number of carbonyl (C=O) groups is 1. The van der Waals surface area contributed by atoms with Gasteiger partial charge in [0.2, 0.25) is 16.0 Å². The molecule has 0 unspecified atom stereocenters. The number of piperidine rings is 1. The number of hydrogen-bond acceptors (Lipinski definition) is 4. The van der Waals surface area contributed by atoms with Gasteiger partial charge in [0.05, 0.1) is 6.04 Å². The molecule has 0 radical (unpaired) electrons. The van der Waals surface area contributed by atoms with Gasteiger partial charge >= 0.3 is 0 Å². The third-order valence-corrected chi connectivity index (χ3v) is 7.21. The first-order valence-electron chi connectivity index (χ1n) is 10.7. The van der Waals surface area contributed by atoms with Crippen molar-refractivity contribution in [3.8, 4) is 11.1 Å². The molecule has 1 heterocycles. The lowest BCUT2D eigenvalue weighted by Gasteiger charge is -2.35. The fourth-order valence-corrected chi connectivity index (χ4v) is 5.56. The number of amides is 1. The molecule has 0 aromatic heterocycles. The Balaban J connectivity index is 1.72. The van der Waals surface area contributed by atoms with Gasteiger partial charge in [-0.15, -0.1) is 0 Å².